The Morgan fingerprint density at radius 3 is 2.02 bits per heavy atom. The van der Waals surface area contributed by atoms with Gasteiger partial charge in [0.1, 0.15) is 18.4 Å². The number of benzene rings is 4. The summed E-state index contributed by atoms with van der Waals surface area (Å²) in [6.45, 7) is 1.19. The van der Waals surface area contributed by atoms with Gasteiger partial charge in [-0.05, 0) is 55.2 Å². The number of hydrogen-bond acceptors (Lipinski definition) is 4. The average Bonchev–Trinajstić information content (AvgIpc) is 3.07. The molecule has 9 heteroatoms. The molecule has 4 aromatic carbocycles. The quantitative estimate of drug-likeness (QED) is 0.194. The van der Waals surface area contributed by atoms with Crippen LogP contribution in [0, 0.1) is 12.7 Å². The van der Waals surface area contributed by atoms with Crippen molar-refractivity contribution in [3.05, 3.63) is 132 Å². The Kier molecular flexibility index (Phi) is 10.9. The Labute approximate surface area is 271 Å². The van der Waals surface area contributed by atoms with E-state index in [2.05, 4.69) is 5.32 Å². The molecule has 0 heterocycles. The van der Waals surface area contributed by atoms with E-state index in [-0.39, 0.29) is 35.5 Å². The van der Waals surface area contributed by atoms with Crippen LogP contribution in [-0.4, -0.2) is 43.8 Å². The van der Waals surface area contributed by atoms with E-state index < -0.39 is 34.3 Å². The largest absolute Gasteiger partial charge is 0.352 e. The normalized spacial score (nSPS) is 14.3. The summed E-state index contributed by atoms with van der Waals surface area (Å²) in [5.74, 6) is -1.70. The lowest BCUT2D eigenvalue weighted by Gasteiger charge is -2.35. The van der Waals surface area contributed by atoms with Crippen molar-refractivity contribution < 1.29 is 22.4 Å². The van der Waals surface area contributed by atoms with Gasteiger partial charge in [-0.2, -0.15) is 0 Å². The van der Waals surface area contributed by atoms with Crippen LogP contribution in [-0.2, 0) is 32.6 Å². The molecule has 1 fully saturated rings. The standard InChI is InChI=1S/C37H40FN3O4S/c1-28-21-23-32(24-22-28)46(44,45)41(34-20-12-11-19-33(34)38)27-36(42)40(26-30-15-7-3-8-16-30)35(25-29-13-5-2-6-14-29)37(43)39-31-17-9-4-10-18-31/h2-3,5-8,11-16,19-24,31,35H,4,9-10,17-18,25-27H2,1H3,(H,39,43)/t35-/m0/s1. The van der Waals surface area contributed by atoms with E-state index in [4.69, 9.17) is 0 Å². The topological polar surface area (TPSA) is 86.8 Å². The number of nitrogens with one attached hydrogen (secondary N) is 1. The minimum atomic E-state index is -4.38. The summed E-state index contributed by atoms with van der Waals surface area (Å²) < 4.78 is 44.3. The smallest absolute Gasteiger partial charge is 0.264 e. The van der Waals surface area contributed by atoms with Gasteiger partial charge in [-0.15, -0.1) is 0 Å². The van der Waals surface area contributed by atoms with Crippen LogP contribution >= 0.6 is 0 Å². The third kappa shape index (κ3) is 8.20. The number of para-hydroxylation sites is 1. The van der Waals surface area contributed by atoms with E-state index in [9.17, 15) is 18.0 Å². The number of aryl methyl sites for hydroxylation is 1. The molecule has 1 N–H and O–H groups in total. The number of amides is 2. The third-order valence-electron chi connectivity index (χ3n) is 8.43. The summed E-state index contributed by atoms with van der Waals surface area (Å²) in [7, 11) is -4.38. The SMILES string of the molecule is Cc1ccc(S(=O)(=O)N(CC(=O)N(Cc2ccccc2)[C@@H](Cc2ccccc2)C(=O)NC2CCCCC2)c2ccccc2F)cc1. The second-order valence-corrected chi connectivity index (χ2v) is 13.7. The van der Waals surface area contributed by atoms with Crippen molar-refractivity contribution in [3.8, 4) is 0 Å². The Morgan fingerprint density at radius 1 is 0.804 bits per heavy atom. The third-order valence-corrected chi connectivity index (χ3v) is 10.2. The Hall–Kier alpha value is -4.50. The van der Waals surface area contributed by atoms with Crippen LogP contribution in [0.15, 0.2) is 114 Å². The lowest BCUT2D eigenvalue weighted by atomic mass is 9.94. The van der Waals surface area contributed by atoms with Gasteiger partial charge >= 0.3 is 0 Å². The maximum absolute atomic E-state index is 15.3. The van der Waals surface area contributed by atoms with Crippen molar-refractivity contribution in [2.24, 2.45) is 0 Å². The van der Waals surface area contributed by atoms with Crippen LogP contribution in [0.2, 0.25) is 0 Å². The van der Waals surface area contributed by atoms with E-state index in [1.54, 1.807) is 12.1 Å². The van der Waals surface area contributed by atoms with Gasteiger partial charge in [0.15, 0.2) is 0 Å². The minimum Gasteiger partial charge on any atom is -0.352 e. The van der Waals surface area contributed by atoms with Gasteiger partial charge in [0.25, 0.3) is 10.0 Å². The summed E-state index contributed by atoms with van der Waals surface area (Å²) in [6.07, 6.45) is 5.13. The van der Waals surface area contributed by atoms with E-state index in [0.717, 1.165) is 59.2 Å². The molecule has 1 atom stereocenters. The van der Waals surface area contributed by atoms with Crippen LogP contribution < -0.4 is 9.62 Å². The molecule has 2 amide bonds. The summed E-state index contributed by atoms with van der Waals surface area (Å²) in [5, 5.41) is 3.19. The Morgan fingerprint density at radius 2 is 1.39 bits per heavy atom. The molecule has 46 heavy (non-hydrogen) atoms. The second-order valence-electron chi connectivity index (χ2n) is 11.8. The van der Waals surface area contributed by atoms with Gasteiger partial charge in [0.05, 0.1) is 10.6 Å². The predicted molar refractivity (Wildman–Crippen MR) is 178 cm³/mol. The van der Waals surface area contributed by atoms with Gasteiger partial charge in [-0.25, -0.2) is 12.8 Å². The highest BCUT2D eigenvalue weighted by Gasteiger charge is 2.36. The fourth-order valence-electron chi connectivity index (χ4n) is 5.88. The number of carbonyl (C=O) groups excluding carboxylic acids is 2. The van der Waals surface area contributed by atoms with Crippen molar-refractivity contribution in [2.45, 2.75) is 69.0 Å². The highest BCUT2D eigenvalue weighted by atomic mass is 32.2. The Bertz CT molecular complexity index is 1710. The van der Waals surface area contributed by atoms with Gasteiger partial charge in [0.2, 0.25) is 11.8 Å². The fraction of sp³-hybridized carbons (Fsp3) is 0.297. The van der Waals surface area contributed by atoms with Gasteiger partial charge < -0.3 is 10.2 Å². The number of sulfonamides is 1. The summed E-state index contributed by atoms with van der Waals surface area (Å²) in [6, 6.07) is 29.5. The van der Waals surface area contributed by atoms with Crippen LogP contribution in [0.5, 0.6) is 0 Å². The predicted octanol–water partition coefficient (Wildman–Crippen LogP) is 6.42. The van der Waals surface area contributed by atoms with Crippen LogP contribution in [0.4, 0.5) is 10.1 Å². The lowest BCUT2D eigenvalue weighted by Crippen LogP contribution is -2.55. The number of anilines is 1. The Balaban J connectivity index is 1.55. The first-order valence-corrected chi connectivity index (χ1v) is 17.2. The molecule has 0 unspecified atom stereocenters. The zero-order valence-corrected chi connectivity index (χ0v) is 26.8. The van der Waals surface area contributed by atoms with Gasteiger partial charge in [0, 0.05) is 19.0 Å². The lowest BCUT2D eigenvalue weighted by molar-refractivity contribution is -0.140. The van der Waals surface area contributed by atoms with Crippen molar-refractivity contribution in [1.29, 1.82) is 0 Å². The molecule has 0 saturated heterocycles. The number of hydrogen-bond donors (Lipinski definition) is 1. The summed E-state index contributed by atoms with van der Waals surface area (Å²) >= 11 is 0. The van der Waals surface area contributed by atoms with E-state index in [0.29, 0.717) is 0 Å². The molecular weight excluding hydrogens is 601 g/mol. The number of rotatable bonds is 12. The maximum atomic E-state index is 15.3. The van der Waals surface area contributed by atoms with Crippen molar-refractivity contribution >= 4 is 27.5 Å². The van der Waals surface area contributed by atoms with E-state index >= 15 is 4.39 Å². The first-order valence-electron chi connectivity index (χ1n) is 15.7. The summed E-state index contributed by atoms with van der Waals surface area (Å²) in [4.78, 5) is 30.0. The highest BCUT2D eigenvalue weighted by molar-refractivity contribution is 7.92. The minimum absolute atomic E-state index is 0.00466. The highest BCUT2D eigenvalue weighted by Crippen LogP contribution is 2.28. The molecule has 1 saturated carbocycles. The number of nitrogens with zero attached hydrogens (tertiary/aromatic N) is 2. The zero-order valence-electron chi connectivity index (χ0n) is 26.0. The first-order chi connectivity index (χ1) is 22.2. The van der Waals surface area contributed by atoms with Crippen molar-refractivity contribution in [2.75, 3.05) is 10.8 Å². The molecule has 240 valence electrons. The molecule has 0 spiro atoms. The van der Waals surface area contributed by atoms with Crippen molar-refractivity contribution in [3.63, 3.8) is 0 Å². The molecule has 0 bridgehead atoms. The number of carbonyl (C=O) groups is 2. The molecule has 0 radical (unpaired) electrons. The van der Waals surface area contributed by atoms with Crippen LogP contribution in [0.1, 0.15) is 48.8 Å². The zero-order chi connectivity index (χ0) is 32.5. The maximum Gasteiger partial charge on any atom is 0.264 e. The van der Waals surface area contributed by atoms with Crippen LogP contribution in [0.25, 0.3) is 0 Å². The second kappa shape index (κ2) is 15.2. The molecule has 7 nitrogen and oxygen atoms in total. The van der Waals surface area contributed by atoms with Crippen LogP contribution in [0.3, 0.4) is 0 Å². The molecule has 1 aliphatic carbocycles. The molecule has 4 aromatic rings. The summed E-state index contributed by atoms with van der Waals surface area (Å²) in [5.41, 5.74) is 2.24. The first kappa shape index (κ1) is 32.9. The monoisotopic (exact) mass is 641 g/mol. The molecule has 0 aromatic heterocycles. The molecule has 1 aliphatic rings. The van der Waals surface area contributed by atoms with Crippen molar-refractivity contribution in [1.82, 2.24) is 10.2 Å². The molecule has 5 rings (SSSR count). The molecule has 0 aliphatic heterocycles. The van der Waals surface area contributed by atoms with Gasteiger partial charge in [-0.3, -0.25) is 13.9 Å². The van der Waals surface area contributed by atoms with E-state index in [1.807, 2.05) is 67.6 Å². The van der Waals surface area contributed by atoms with Gasteiger partial charge in [-0.1, -0.05) is 110 Å². The molecular formula is C37H40FN3O4S. The average molecular weight is 642 g/mol. The fourth-order valence-corrected chi connectivity index (χ4v) is 7.31. The van der Waals surface area contributed by atoms with E-state index in [1.165, 1.54) is 35.2 Å². The number of halogens is 1.